The largest absolute Gasteiger partial charge is 0.266 e. The van der Waals surface area contributed by atoms with Crippen molar-refractivity contribution in [2.24, 2.45) is 0 Å². The minimum atomic E-state index is 0.907. The molecule has 0 amide bonds. The summed E-state index contributed by atoms with van der Waals surface area (Å²) in [4.78, 5) is 0. The van der Waals surface area contributed by atoms with E-state index in [1.165, 1.54) is 5.56 Å². The van der Waals surface area contributed by atoms with Gasteiger partial charge in [0.15, 0.2) is 5.82 Å². The van der Waals surface area contributed by atoms with Crippen molar-refractivity contribution >= 4 is 0 Å². The van der Waals surface area contributed by atoms with Crippen molar-refractivity contribution in [3.63, 3.8) is 0 Å². The molecular weight excluding hydrogens is 138 g/mol. The number of aromatic amines is 2. The molecule has 3 nitrogen and oxygen atoms in total. The Hall–Kier alpha value is -1.51. The normalized spacial score (nSPS) is 10.3. The van der Waals surface area contributed by atoms with Crippen LogP contribution in [0.3, 0.4) is 0 Å². The molecule has 2 N–H and O–H groups in total. The highest BCUT2D eigenvalue weighted by molar-refractivity contribution is 5.54. The molecule has 0 bridgehead atoms. The molecule has 0 fully saturated rings. The first kappa shape index (κ1) is 6.22. The lowest BCUT2D eigenvalue weighted by Crippen LogP contribution is -1.98. The summed E-state index contributed by atoms with van der Waals surface area (Å²) in [5.74, 6) is 0.907. The fourth-order valence-corrected chi connectivity index (χ4v) is 0.960. The predicted molar refractivity (Wildman–Crippen MR) is 43.1 cm³/mol. The van der Waals surface area contributed by atoms with Crippen molar-refractivity contribution in [2.45, 2.75) is 6.92 Å². The highest BCUT2D eigenvalue weighted by Crippen LogP contribution is 2.13. The third-order valence-electron chi connectivity index (χ3n) is 1.67. The fourth-order valence-electron chi connectivity index (χ4n) is 0.960. The maximum absolute atomic E-state index is 3.92. The van der Waals surface area contributed by atoms with Gasteiger partial charge < -0.3 is 0 Å². The molecular formula is C8H9N3. The number of rotatable bonds is 1. The molecule has 0 aliphatic heterocycles. The maximum Gasteiger partial charge on any atom is 0.174 e. The number of nitrogens with one attached hydrogen (secondary N) is 2. The standard InChI is InChI=1S/C8H9N3/c1-6-2-4-7(5-3-6)8-9-11-10-8/h2-5,11H,1H3,(H,9,10). The molecule has 2 rings (SSSR count). The van der Waals surface area contributed by atoms with Crippen molar-refractivity contribution in [3.05, 3.63) is 29.8 Å². The van der Waals surface area contributed by atoms with Crippen LogP contribution >= 0.6 is 0 Å². The Morgan fingerprint density at radius 2 is 1.82 bits per heavy atom. The summed E-state index contributed by atoms with van der Waals surface area (Å²) in [5, 5.41) is 9.42. The average Bonchev–Trinajstić information content (AvgIpc) is 1.90. The Bertz CT molecular complexity index is 319. The Morgan fingerprint density at radius 3 is 2.27 bits per heavy atom. The zero-order valence-electron chi connectivity index (χ0n) is 6.26. The lowest BCUT2D eigenvalue weighted by Gasteiger charge is -2.02. The molecule has 0 unspecified atom stereocenters. The van der Waals surface area contributed by atoms with Crippen LogP contribution in [0, 0.1) is 6.92 Å². The lowest BCUT2D eigenvalue weighted by molar-refractivity contribution is 0.779. The molecule has 2 aromatic rings. The highest BCUT2D eigenvalue weighted by Gasteiger charge is 1.98. The number of H-pyrrole nitrogens is 2. The van der Waals surface area contributed by atoms with Crippen molar-refractivity contribution in [1.82, 2.24) is 15.4 Å². The van der Waals surface area contributed by atoms with Gasteiger partial charge in [-0.25, -0.2) is 5.21 Å². The molecule has 0 aliphatic rings. The second kappa shape index (κ2) is 2.27. The summed E-state index contributed by atoms with van der Waals surface area (Å²) in [6, 6.07) is 8.22. The maximum atomic E-state index is 3.92. The van der Waals surface area contributed by atoms with E-state index in [1.807, 2.05) is 12.1 Å². The highest BCUT2D eigenvalue weighted by atomic mass is 15.4. The van der Waals surface area contributed by atoms with Crippen LogP contribution in [0.5, 0.6) is 0 Å². The van der Waals surface area contributed by atoms with E-state index in [-0.39, 0.29) is 0 Å². The van der Waals surface area contributed by atoms with Crippen molar-refractivity contribution < 1.29 is 0 Å². The van der Waals surface area contributed by atoms with Gasteiger partial charge in [-0.05, 0) is 6.92 Å². The molecule has 0 aliphatic carbocycles. The minimum absolute atomic E-state index is 0.907. The number of hydrogen-bond donors (Lipinski definition) is 2. The van der Waals surface area contributed by atoms with E-state index in [0.717, 1.165) is 11.4 Å². The zero-order chi connectivity index (χ0) is 7.68. The third kappa shape index (κ3) is 1.05. The monoisotopic (exact) mass is 147 g/mol. The molecule has 1 heterocycles. The first-order chi connectivity index (χ1) is 5.36. The third-order valence-corrected chi connectivity index (χ3v) is 1.67. The molecule has 11 heavy (non-hydrogen) atoms. The Kier molecular flexibility index (Phi) is 1.28. The number of aromatic nitrogens is 3. The first-order valence-electron chi connectivity index (χ1n) is 3.52. The van der Waals surface area contributed by atoms with E-state index in [9.17, 15) is 0 Å². The van der Waals surface area contributed by atoms with E-state index in [2.05, 4.69) is 34.5 Å². The van der Waals surface area contributed by atoms with Crippen molar-refractivity contribution in [1.29, 1.82) is 0 Å². The van der Waals surface area contributed by atoms with Crippen LogP contribution in [0.2, 0.25) is 0 Å². The van der Waals surface area contributed by atoms with Crippen molar-refractivity contribution in [2.75, 3.05) is 0 Å². The van der Waals surface area contributed by atoms with E-state index in [4.69, 9.17) is 0 Å². The Morgan fingerprint density at radius 1 is 1.18 bits per heavy atom. The molecule has 56 valence electrons. The molecule has 3 heteroatoms. The average molecular weight is 147 g/mol. The van der Waals surface area contributed by atoms with Gasteiger partial charge in [0.25, 0.3) is 0 Å². The van der Waals surface area contributed by atoms with Crippen LogP contribution in [0.15, 0.2) is 24.3 Å². The smallest absolute Gasteiger partial charge is 0.174 e. The SMILES string of the molecule is Cc1ccc(-c2n[nH][nH]2)cc1. The summed E-state index contributed by atoms with van der Waals surface area (Å²) in [6.45, 7) is 2.07. The Labute approximate surface area is 64.4 Å². The quantitative estimate of drug-likeness (QED) is 0.633. The van der Waals surface area contributed by atoms with Crippen LogP contribution in [0.25, 0.3) is 11.4 Å². The summed E-state index contributed by atoms with van der Waals surface area (Å²) in [5.41, 5.74) is 2.39. The van der Waals surface area contributed by atoms with Gasteiger partial charge in [0, 0.05) is 5.56 Å². The molecule has 1 aromatic heterocycles. The molecule has 0 radical (unpaired) electrons. The molecule has 1 aromatic carbocycles. The second-order valence-corrected chi connectivity index (χ2v) is 2.56. The zero-order valence-corrected chi connectivity index (χ0v) is 6.26. The number of benzene rings is 1. The van der Waals surface area contributed by atoms with Gasteiger partial charge in [-0.3, -0.25) is 5.10 Å². The van der Waals surface area contributed by atoms with Gasteiger partial charge in [0.2, 0.25) is 0 Å². The summed E-state index contributed by atoms with van der Waals surface area (Å²) in [7, 11) is 0. The van der Waals surface area contributed by atoms with Gasteiger partial charge >= 0.3 is 0 Å². The van der Waals surface area contributed by atoms with E-state index in [0.29, 0.717) is 0 Å². The van der Waals surface area contributed by atoms with Crippen LogP contribution in [-0.2, 0) is 0 Å². The van der Waals surface area contributed by atoms with Gasteiger partial charge in [0.05, 0.1) is 0 Å². The molecule has 0 spiro atoms. The topological polar surface area (TPSA) is 44.5 Å². The Balaban J connectivity index is 2.38. The summed E-state index contributed by atoms with van der Waals surface area (Å²) < 4.78 is 0. The van der Waals surface area contributed by atoms with Crippen LogP contribution in [-0.4, -0.2) is 15.4 Å². The fraction of sp³-hybridized carbons (Fsp3) is 0.125. The second-order valence-electron chi connectivity index (χ2n) is 2.56. The van der Waals surface area contributed by atoms with Crippen LogP contribution in [0.1, 0.15) is 5.56 Å². The minimum Gasteiger partial charge on any atom is -0.266 e. The van der Waals surface area contributed by atoms with E-state index < -0.39 is 0 Å². The van der Waals surface area contributed by atoms with Gasteiger partial charge in [-0.2, -0.15) is 0 Å². The number of nitrogens with zero attached hydrogens (tertiary/aromatic N) is 1. The summed E-state index contributed by atoms with van der Waals surface area (Å²) >= 11 is 0. The van der Waals surface area contributed by atoms with Crippen LogP contribution in [0.4, 0.5) is 0 Å². The molecule has 0 saturated heterocycles. The molecule has 0 atom stereocenters. The molecule has 0 saturated carbocycles. The first-order valence-corrected chi connectivity index (χ1v) is 3.52. The number of hydrogen-bond acceptors (Lipinski definition) is 1. The lowest BCUT2D eigenvalue weighted by atomic mass is 10.1. The van der Waals surface area contributed by atoms with Gasteiger partial charge in [-0.15, -0.1) is 5.10 Å². The van der Waals surface area contributed by atoms with Gasteiger partial charge in [-0.1, -0.05) is 29.8 Å². The number of aryl methyl sites for hydroxylation is 1. The van der Waals surface area contributed by atoms with Crippen LogP contribution < -0.4 is 0 Å². The predicted octanol–water partition coefficient (Wildman–Crippen LogP) is 1.71. The van der Waals surface area contributed by atoms with E-state index in [1.54, 1.807) is 0 Å². The van der Waals surface area contributed by atoms with E-state index >= 15 is 0 Å². The van der Waals surface area contributed by atoms with Gasteiger partial charge in [0.1, 0.15) is 0 Å². The van der Waals surface area contributed by atoms with Crippen molar-refractivity contribution in [3.8, 4) is 11.4 Å². The summed E-state index contributed by atoms with van der Waals surface area (Å²) in [6.07, 6.45) is 0.